The zero-order chi connectivity index (χ0) is 15.0. The molecule has 0 unspecified atom stereocenters. The van der Waals surface area contributed by atoms with Gasteiger partial charge in [-0.2, -0.15) is 0 Å². The first-order chi connectivity index (χ1) is 9.18. The molecule has 0 fully saturated rings. The second-order valence-electron chi connectivity index (χ2n) is 7.13. The zero-order valence-corrected chi connectivity index (χ0v) is 13.2. The molecule has 1 nitrogen and oxygen atoms in total. The van der Waals surface area contributed by atoms with Gasteiger partial charge in [0.2, 0.25) is 0 Å². The maximum absolute atomic E-state index is 6.18. The Balaban J connectivity index is 2.38. The third-order valence-electron chi connectivity index (χ3n) is 3.69. The van der Waals surface area contributed by atoms with Crippen LogP contribution in [0.4, 0.5) is 0 Å². The van der Waals surface area contributed by atoms with Gasteiger partial charge in [-0.1, -0.05) is 63.2 Å². The Kier molecular flexibility index (Phi) is 3.75. The van der Waals surface area contributed by atoms with E-state index in [1.165, 1.54) is 16.7 Å². The van der Waals surface area contributed by atoms with E-state index in [1.54, 1.807) is 0 Å². The van der Waals surface area contributed by atoms with Gasteiger partial charge in [-0.05, 0) is 47.6 Å². The highest BCUT2D eigenvalue weighted by atomic mass is 14.7. The van der Waals surface area contributed by atoms with Crippen LogP contribution in [-0.2, 0) is 11.0 Å². The number of hydrogen-bond acceptors (Lipinski definition) is 1. The van der Waals surface area contributed by atoms with Crippen LogP contribution in [0.1, 0.15) is 45.7 Å². The lowest BCUT2D eigenvalue weighted by molar-refractivity contribution is 0.554. The summed E-state index contributed by atoms with van der Waals surface area (Å²) in [4.78, 5) is 0. The molecular formula is C19H25N. The third kappa shape index (κ3) is 3.29. The maximum Gasteiger partial charge on any atom is 0.0352 e. The predicted octanol–water partition coefficient (Wildman–Crippen LogP) is 4.84. The van der Waals surface area contributed by atoms with Gasteiger partial charge < -0.3 is 5.73 Å². The molecule has 0 radical (unpaired) electrons. The molecule has 0 heterocycles. The summed E-state index contributed by atoms with van der Waals surface area (Å²) in [5.74, 6) is 0. The summed E-state index contributed by atoms with van der Waals surface area (Å²) in [7, 11) is 0. The van der Waals surface area contributed by atoms with Gasteiger partial charge in [-0.25, -0.2) is 0 Å². The second kappa shape index (κ2) is 5.06. The van der Waals surface area contributed by atoms with Gasteiger partial charge in [0.15, 0.2) is 0 Å². The molecule has 0 spiro atoms. The highest BCUT2D eigenvalue weighted by molar-refractivity contribution is 5.65. The minimum absolute atomic E-state index is 0.194. The highest BCUT2D eigenvalue weighted by Gasteiger charge is 2.15. The van der Waals surface area contributed by atoms with Crippen molar-refractivity contribution in [3.05, 3.63) is 59.7 Å². The first-order valence-corrected chi connectivity index (χ1v) is 7.18. The smallest absolute Gasteiger partial charge is 0.0352 e. The maximum atomic E-state index is 6.18. The van der Waals surface area contributed by atoms with E-state index >= 15 is 0 Å². The lowest BCUT2D eigenvalue weighted by atomic mass is 9.86. The van der Waals surface area contributed by atoms with Crippen LogP contribution in [0, 0.1) is 0 Å². The highest BCUT2D eigenvalue weighted by Crippen LogP contribution is 2.28. The normalized spacial score (nSPS) is 12.5. The van der Waals surface area contributed by atoms with Crippen LogP contribution in [0.25, 0.3) is 11.1 Å². The van der Waals surface area contributed by atoms with E-state index < -0.39 is 0 Å². The molecule has 0 aliphatic rings. The Labute approximate surface area is 122 Å². The Morgan fingerprint density at radius 1 is 0.700 bits per heavy atom. The van der Waals surface area contributed by atoms with E-state index in [4.69, 9.17) is 5.73 Å². The van der Waals surface area contributed by atoms with E-state index in [0.717, 1.165) is 5.56 Å². The second-order valence-corrected chi connectivity index (χ2v) is 7.13. The van der Waals surface area contributed by atoms with Crippen LogP contribution in [0.3, 0.4) is 0 Å². The molecule has 0 aliphatic heterocycles. The van der Waals surface area contributed by atoms with Crippen LogP contribution in [0.15, 0.2) is 48.5 Å². The number of rotatable bonds is 2. The summed E-state index contributed by atoms with van der Waals surface area (Å²) in [6, 6.07) is 17.3. The van der Waals surface area contributed by atoms with Crippen LogP contribution >= 0.6 is 0 Å². The molecule has 0 amide bonds. The zero-order valence-electron chi connectivity index (χ0n) is 13.2. The van der Waals surface area contributed by atoms with Crippen LogP contribution in [-0.4, -0.2) is 0 Å². The molecule has 0 aliphatic carbocycles. The van der Waals surface area contributed by atoms with Crippen molar-refractivity contribution in [3.8, 4) is 11.1 Å². The van der Waals surface area contributed by atoms with Crippen molar-refractivity contribution >= 4 is 0 Å². The fourth-order valence-electron chi connectivity index (χ4n) is 2.26. The van der Waals surface area contributed by atoms with Crippen molar-refractivity contribution in [2.24, 2.45) is 5.73 Å². The van der Waals surface area contributed by atoms with Gasteiger partial charge in [0, 0.05) is 5.54 Å². The van der Waals surface area contributed by atoms with Crippen molar-refractivity contribution in [1.82, 2.24) is 0 Å². The standard InChI is InChI=1S/C19H25N/c1-18(2,3)16-11-9-14(10-12-16)15-7-6-8-17(13-15)19(4,5)20/h6-13H,20H2,1-5H3. The fraction of sp³-hybridized carbons (Fsp3) is 0.368. The fourth-order valence-corrected chi connectivity index (χ4v) is 2.26. The molecule has 0 atom stereocenters. The summed E-state index contributed by atoms with van der Waals surface area (Å²) in [5.41, 5.74) is 11.1. The monoisotopic (exact) mass is 267 g/mol. The first kappa shape index (κ1) is 14.8. The van der Waals surface area contributed by atoms with Crippen molar-refractivity contribution in [2.75, 3.05) is 0 Å². The van der Waals surface area contributed by atoms with Crippen LogP contribution in [0.5, 0.6) is 0 Å². The molecule has 106 valence electrons. The molecule has 0 aromatic heterocycles. The van der Waals surface area contributed by atoms with E-state index in [-0.39, 0.29) is 11.0 Å². The third-order valence-corrected chi connectivity index (χ3v) is 3.69. The number of hydrogen-bond donors (Lipinski definition) is 1. The van der Waals surface area contributed by atoms with Crippen molar-refractivity contribution in [3.63, 3.8) is 0 Å². The molecule has 2 rings (SSSR count). The molecule has 1 heteroatoms. The topological polar surface area (TPSA) is 26.0 Å². The van der Waals surface area contributed by atoms with Gasteiger partial charge in [0.25, 0.3) is 0 Å². The summed E-state index contributed by atoms with van der Waals surface area (Å²) >= 11 is 0. The number of nitrogens with two attached hydrogens (primary N) is 1. The van der Waals surface area contributed by atoms with Crippen molar-refractivity contribution in [1.29, 1.82) is 0 Å². The Morgan fingerprint density at radius 3 is 1.80 bits per heavy atom. The Hall–Kier alpha value is -1.60. The molecule has 2 aromatic rings. The molecular weight excluding hydrogens is 242 g/mol. The molecule has 0 saturated heterocycles. The quantitative estimate of drug-likeness (QED) is 0.827. The van der Waals surface area contributed by atoms with Gasteiger partial charge in [0.05, 0.1) is 0 Å². The van der Waals surface area contributed by atoms with Gasteiger partial charge >= 0.3 is 0 Å². The van der Waals surface area contributed by atoms with Gasteiger partial charge in [-0.15, -0.1) is 0 Å². The largest absolute Gasteiger partial charge is 0.322 e. The Morgan fingerprint density at radius 2 is 1.30 bits per heavy atom. The summed E-state index contributed by atoms with van der Waals surface area (Å²) in [6.45, 7) is 10.8. The van der Waals surface area contributed by atoms with E-state index in [9.17, 15) is 0 Å². The average Bonchev–Trinajstić information content (AvgIpc) is 2.37. The minimum atomic E-state index is -0.304. The molecule has 2 N–H and O–H groups in total. The molecule has 0 bridgehead atoms. The SMILES string of the molecule is CC(C)(C)c1ccc(-c2cccc(C(C)(C)N)c2)cc1. The van der Waals surface area contributed by atoms with E-state index in [0.29, 0.717) is 0 Å². The Bertz CT molecular complexity index is 580. The lowest BCUT2D eigenvalue weighted by Gasteiger charge is -2.21. The van der Waals surface area contributed by atoms with Crippen molar-refractivity contribution in [2.45, 2.75) is 45.6 Å². The number of benzene rings is 2. The van der Waals surface area contributed by atoms with Crippen LogP contribution < -0.4 is 5.73 Å². The lowest BCUT2D eigenvalue weighted by Crippen LogP contribution is -2.28. The minimum Gasteiger partial charge on any atom is -0.322 e. The van der Waals surface area contributed by atoms with E-state index in [1.807, 2.05) is 13.8 Å². The average molecular weight is 267 g/mol. The van der Waals surface area contributed by atoms with Crippen LogP contribution in [0.2, 0.25) is 0 Å². The molecule has 20 heavy (non-hydrogen) atoms. The summed E-state index contributed by atoms with van der Waals surface area (Å²) in [6.07, 6.45) is 0. The first-order valence-electron chi connectivity index (χ1n) is 7.18. The predicted molar refractivity (Wildman–Crippen MR) is 87.8 cm³/mol. The van der Waals surface area contributed by atoms with Crippen molar-refractivity contribution < 1.29 is 0 Å². The molecule has 0 saturated carbocycles. The van der Waals surface area contributed by atoms with Gasteiger partial charge in [-0.3, -0.25) is 0 Å². The van der Waals surface area contributed by atoms with Gasteiger partial charge in [0.1, 0.15) is 0 Å². The molecule has 2 aromatic carbocycles. The summed E-state index contributed by atoms with van der Waals surface area (Å²) in [5, 5.41) is 0. The summed E-state index contributed by atoms with van der Waals surface area (Å²) < 4.78 is 0. The van der Waals surface area contributed by atoms with E-state index in [2.05, 4.69) is 69.3 Å².